The molecule has 1 aromatic heterocycles. The number of amides is 2. The number of aryl methyl sites for hydroxylation is 2. The maximum atomic E-state index is 12.4. The van der Waals surface area contributed by atoms with Crippen molar-refractivity contribution >= 4 is 45.7 Å². The van der Waals surface area contributed by atoms with Crippen LogP contribution in [0.15, 0.2) is 46.8 Å². The topological polar surface area (TPSA) is 93.2 Å². The lowest BCUT2D eigenvalue weighted by molar-refractivity contribution is -0.113. The first-order chi connectivity index (χ1) is 14.4. The largest absolute Gasteiger partial charge is 0.494 e. The quantitative estimate of drug-likeness (QED) is 0.393. The summed E-state index contributed by atoms with van der Waals surface area (Å²) >= 11 is 2.50. The lowest BCUT2D eigenvalue weighted by Gasteiger charge is -2.06. The summed E-state index contributed by atoms with van der Waals surface area (Å²) in [5, 5.41) is 14.0. The summed E-state index contributed by atoms with van der Waals surface area (Å²) in [6, 6.07) is 12.7. The molecule has 0 saturated heterocycles. The SMILES string of the molecule is CCOc1ccc(NC(=O)CSc2nnc(NC(=O)c3ccc(C)c(C)c3)s2)cc1. The van der Waals surface area contributed by atoms with Crippen LogP contribution in [0.4, 0.5) is 10.8 Å². The summed E-state index contributed by atoms with van der Waals surface area (Å²) < 4.78 is 5.98. The van der Waals surface area contributed by atoms with Crippen LogP contribution in [0.25, 0.3) is 0 Å². The number of nitrogens with zero attached hydrogens (tertiary/aromatic N) is 2. The molecule has 156 valence electrons. The van der Waals surface area contributed by atoms with Gasteiger partial charge >= 0.3 is 0 Å². The Hall–Kier alpha value is -2.91. The molecule has 0 aliphatic rings. The van der Waals surface area contributed by atoms with E-state index in [0.717, 1.165) is 16.9 Å². The van der Waals surface area contributed by atoms with Gasteiger partial charge in [0.1, 0.15) is 5.75 Å². The van der Waals surface area contributed by atoms with E-state index in [-0.39, 0.29) is 17.6 Å². The van der Waals surface area contributed by atoms with Crippen molar-refractivity contribution in [3.8, 4) is 5.75 Å². The van der Waals surface area contributed by atoms with Crippen LogP contribution in [0.1, 0.15) is 28.4 Å². The molecule has 0 aliphatic carbocycles. The maximum absolute atomic E-state index is 12.4. The van der Waals surface area contributed by atoms with Gasteiger partial charge in [0.15, 0.2) is 4.34 Å². The minimum Gasteiger partial charge on any atom is -0.494 e. The summed E-state index contributed by atoms with van der Waals surface area (Å²) in [6.45, 7) is 6.47. The van der Waals surface area contributed by atoms with E-state index in [2.05, 4.69) is 20.8 Å². The zero-order chi connectivity index (χ0) is 21.5. The lowest BCUT2D eigenvalue weighted by atomic mass is 10.1. The second kappa shape index (κ2) is 10.2. The molecule has 0 atom stereocenters. The fourth-order valence-electron chi connectivity index (χ4n) is 2.50. The van der Waals surface area contributed by atoms with E-state index < -0.39 is 0 Å². The fraction of sp³-hybridized carbons (Fsp3) is 0.238. The number of hydrogen-bond donors (Lipinski definition) is 2. The molecule has 1 heterocycles. The molecule has 0 aliphatic heterocycles. The Morgan fingerprint density at radius 1 is 1.03 bits per heavy atom. The van der Waals surface area contributed by atoms with Crippen LogP contribution >= 0.6 is 23.1 Å². The van der Waals surface area contributed by atoms with Gasteiger partial charge in [-0.05, 0) is 68.3 Å². The summed E-state index contributed by atoms with van der Waals surface area (Å²) in [5.41, 5.74) is 3.44. The number of hydrogen-bond acceptors (Lipinski definition) is 7. The Labute approximate surface area is 183 Å². The Kier molecular flexibility index (Phi) is 7.42. The van der Waals surface area contributed by atoms with Crippen molar-refractivity contribution in [1.29, 1.82) is 0 Å². The smallest absolute Gasteiger partial charge is 0.257 e. The molecule has 0 spiro atoms. The van der Waals surface area contributed by atoms with Crippen molar-refractivity contribution in [1.82, 2.24) is 10.2 Å². The number of carbonyl (C=O) groups is 2. The molecule has 3 aromatic rings. The van der Waals surface area contributed by atoms with Gasteiger partial charge in [-0.2, -0.15) is 0 Å². The third kappa shape index (κ3) is 6.04. The molecule has 0 unspecified atom stereocenters. The van der Waals surface area contributed by atoms with Crippen LogP contribution in [-0.4, -0.2) is 34.4 Å². The van der Waals surface area contributed by atoms with E-state index >= 15 is 0 Å². The van der Waals surface area contributed by atoms with Gasteiger partial charge in [0.2, 0.25) is 11.0 Å². The summed E-state index contributed by atoms with van der Waals surface area (Å²) in [6.07, 6.45) is 0. The van der Waals surface area contributed by atoms with Crippen molar-refractivity contribution in [2.45, 2.75) is 25.1 Å². The average molecular weight is 443 g/mol. The first-order valence-electron chi connectivity index (χ1n) is 9.32. The average Bonchev–Trinajstić information content (AvgIpc) is 3.17. The lowest BCUT2D eigenvalue weighted by Crippen LogP contribution is -2.13. The summed E-state index contributed by atoms with van der Waals surface area (Å²) in [4.78, 5) is 24.5. The van der Waals surface area contributed by atoms with Crippen LogP contribution in [0, 0.1) is 13.8 Å². The highest BCUT2D eigenvalue weighted by Crippen LogP contribution is 2.26. The Bertz CT molecular complexity index is 1030. The Morgan fingerprint density at radius 2 is 1.80 bits per heavy atom. The first kappa shape index (κ1) is 21.8. The molecule has 0 bridgehead atoms. The monoisotopic (exact) mass is 442 g/mol. The number of thioether (sulfide) groups is 1. The molecule has 0 saturated carbocycles. The predicted molar refractivity (Wildman–Crippen MR) is 121 cm³/mol. The fourth-order valence-corrected chi connectivity index (χ4v) is 4.04. The minimum absolute atomic E-state index is 0.153. The van der Waals surface area contributed by atoms with Crippen LogP contribution in [0.2, 0.25) is 0 Å². The first-order valence-corrected chi connectivity index (χ1v) is 11.1. The van der Waals surface area contributed by atoms with Crippen LogP contribution in [0.3, 0.4) is 0 Å². The standard InChI is InChI=1S/C21H22N4O3S2/c1-4-28-17-9-7-16(8-10-17)22-18(26)12-29-21-25-24-20(30-21)23-19(27)15-6-5-13(2)14(3)11-15/h5-11H,4,12H2,1-3H3,(H,22,26)(H,23,24,27). The molecule has 7 nitrogen and oxygen atoms in total. The van der Waals surface area contributed by atoms with E-state index in [1.165, 1.54) is 23.1 Å². The zero-order valence-electron chi connectivity index (χ0n) is 16.9. The highest BCUT2D eigenvalue weighted by Gasteiger charge is 2.12. The maximum Gasteiger partial charge on any atom is 0.257 e. The summed E-state index contributed by atoms with van der Waals surface area (Å²) in [5.74, 6) is 0.556. The number of aromatic nitrogens is 2. The Morgan fingerprint density at radius 3 is 2.50 bits per heavy atom. The predicted octanol–water partition coefficient (Wildman–Crippen LogP) is 4.54. The van der Waals surface area contributed by atoms with Crippen molar-refractivity contribution in [3.05, 3.63) is 59.2 Å². The number of benzene rings is 2. The Balaban J connectivity index is 1.49. The van der Waals surface area contributed by atoms with E-state index in [9.17, 15) is 9.59 Å². The molecule has 3 rings (SSSR count). The van der Waals surface area contributed by atoms with Crippen molar-refractivity contribution < 1.29 is 14.3 Å². The highest BCUT2D eigenvalue weighted by atomic mass is 32.2. The molecular weight excluding hydrogens is 420 g/mol. The minimum atomic E-state index is -0.237. The van der Waals surface area contributed by atoms with Crippen LogP contribution in [0.5, 0.6) is 5.75 Å². The summed E-state index contributed by atoms with van der Waals surface area (Å²) in [7, 11) is 0. The third-order valence-corrected chi connectivity index (χ3v) is 6.14. The van der Waals surface area contributed by atoms with Gasteiger partial charge in [-0.3, -0.25) is 14.9 Å². The van der Waals surface area contributed by atoms with E-state index in [4.69, 9.17) is 4.74 Å². The number of anilines is 2. The highest BCUT2D eigenvalue weighted by molar-refractivity contribution is 8.01. The number of ether oxygens (including phenoxy) is 1. The van der Waals surface area contributed by atoms with Gasteiger partial charge in [0.05, 0.1) is 12.4 Å². The van der Waals surface area contributed by atoms with Crippen LogP contribution in [-0.2, 0) is 4.79 Å². The van der Waals surface area contributed by atoms with Gasteiger partial charge in [0, 0.05) is 11.3 Å². The normalized spacial score (nSPS) is 10.5. The molecule has 0 radical (unpaired) electrons. The van der Waals surface area contributed by atoms with Gasteiger partial charge in [0.25, 0.3) is 5.91 Å². The number of nitrogens with one attached hydrogen (secondary N) is 2. The molecular formula is C21H22N4O3S2. The van der Waals surface area contributed by atoms with Gasteiger partial charge < -0.3 is 10.1 Å². The van der Waals surface area contributed by atoms with Crippen molar-refractivity contribution in [3.63, 3.8) is 0 Å². The molecule has 2 amide bonds. The van der Waals surface area contributed by atoms with Gasteiger partial charge in [-0.15, -0.1) is 10.2 Å². The van der Waals surface area contributed by atoms with Crippen molar-refractivity contribution in [2.24, 2.45) is 0 Å². The molecule has 2 N–H and O–H groups in total. The van der Waals surface area contributed by atoms with Gasteiger partial charge in [-0.1, -0.05) is 29.2 Å². The van der Waals surface area contributed by atoms with Crippen molar-refractivity contribution in [2.75, 3.05) is 23.0 Å². The molecule has 2 aromatic carbocycles. The number of rotatable bonds is 8. The van der Waals surface area contributed by atoms with E-state index in [1.54, 1.807) is 18.2 Å². The van der Waals surface area contributed by atoms with Crippen LogP contribution < -0.4 is 15.4 Å². The second-order valence-electron chi connectivity index (χ2n) is 6.42. The third-order valence-electron chi connectivity index (χ3n) is 4.17. The van der Waals surface area contributed by atoms with E-state index in [1.807, 2.05) is 45.0 Å². The second-order valence-corrected chi connectivity index (χ2v) is 8.62. The zero-order valence-corrected chi connectivity index (χ0v) is 18.5. The van der Waals surface area contributed by atoms with Gasteiger partial charge in [-0.25, -0.2) is 0 Å². The van der Waals surface area contributed by atoms with E-state index in [0.29, 0.717) is 27.3 Å². The molecule has 9 heteroatoms. The number of carbonyl (C=O) groups excluding carboxylic acids is 2. The molecule has 0 fully saturated rings. The molecule has 30 heavy (non-hydrogen) atoms.